The van der Waals surface area contributed by atoms with Crippen molar-refractivity contribution >= 4 is 0 Å². The van der Waals surface area contributed by atoms with Gasteiger partial charge in [-0.05, 0) is 34.4 Å². The molecule has 0 rings (SSSR count). The molecule has 0 aromatic rings. The van der Waals surface area contributed by atoms with Crippen molar-refractivity contribution in [1.29, 1.82) is 0 Å². The van der Waals surface area contributed by atoms with E-state index in [4.69, 9.17) is 0 Å². The Morgan fingerprint density at radius 2 is 1.69 bits per heavy atom. The minimum atomic E-state index is 0.641. The van der Waals surface area contributed by atoms with Gasteiger partial charge in [-0.25, -0.2) is 0 Å². The summed E-state index contributed by atoms with van der Waals surface area (Å²) >= 11 is 0. The third-order valence-corrected chi connectivity index (χ3v) is 2.29. The molecule has 82 valence electrons. The van der Waals surface area contributed by atoms with Crippen molar-refractivity contribution in [2.45, 2.75) is 53.1 Å². The van der Waals surface area contributed by atoms with E-state index in [2.05, 4.69) is 38.0 Å². The molecule has 0 radical (unpaired) electrons. The molecule has 0 heterocycles. The second kappa shape index (κ2) is 10.0. The predicted octanol–water partition coefficient (Wildman–Crippen LogP) is 2.35. The molecule has 2 nitrogen and oxygen atoms in total. The van der Waals surface area contributed by atoms with Crippen molar-refractivity contribution in [2.24, 2.45) is 0 Å². The molecule has 1 unspecified atom stereocenters. The fraction of sp³-hybridized carbons (Fsp3) is 1.00. The van der Waals surface area contributed by atoms with Gasteiger partial charge >= 0.3 is 0 Å². The maximum absolute atomic E-state index is 3.30. The van der Waals surface area contributed by atoms with Crippen LogP contribution in [0.2, 0.25) is 0 Å². The van der Waals surface area contributed by atoms with Gasteiger partial charge in [0.15, 0.2) is 0 Å². The van der Waals surface area contributed by atoms with Crippen LogP contribution < -0.4 is 5.32 Å². The number of nitrogens with zero attached hydrogens (tertiary/aromatic N) is 1. The molecule has 0 saturated heterocycles. The van der Waals surface area contributed by atoms with E-state index in [1.165, 1.54) is 6.42 Å². The molecule has 1 atom stereocenters. The Morgan fingerprint density at radius 1 is 1.23 bits per heavy atom. The summed E-state index contributed by atoms with van der Waals surface area (Å²) in [5, 5.41) is 3.30. The second-order valence-corrected chi connectivity index (χ2v) is 3.43. The van der Waals surface area contributed by atoms with Crippen molar-refractivity contribution in [3.05, 3.63) is 0 Å². The highest BCUT2D eigenvalue weighted by Gasteiger charge is 2.08. The fourth-order valence-corrected chi connectivity index (χ4v) is 0.983. The van der Waals surface area contributed by atoms with Gasteiger partial charge in [-0.1, -0.05) is 20.8 Å². The van der Waals surface area contributed by atoms with Crippen molar-refractivity contribution in [2.75, 3.05) is 20.6 Å². The molecule has 0 aliphatic carbocycles. The predicted molar refractivity (Wildman–Crippen MR) is 62.3 cm³/mol. The number of likely N-dealkylation sites (N-methyl/N-ethyl adjacent to an activating group) is 2. The Hall–Kier alpha value is -0.0800. The summed E-state index contributed by atoms with van der Waals surface area (Å²) in [5.74, 6) is 0. The second-order valence-electron chi connectivity index (χ2n) is 3.43. The smallest absolute Gasteiger partial charge is 0.0189 e. The molecule has 0 aliphatic rings. The maximum Gasteiger partial charge on any atom is 0.0189 e. The first kappa shape index (κ1) is 15.4. The lowest BCUT2D eigenvalue weighted by atomic mass is 10.2. The first-order valence-electron chi connectivity index (χ1n) is 5.49. The van der Waals surface area contributed by atoms with E-state index >= 15 is 0 Å². The summed E-state index contributed by atoms with van der Waals surface area (Å²) in [5.41, 5.74) is 0. The summed E-state index contributed by atoms with van der Waals surface area (Å²) < 4.78 is 0. The van der Waals surface area contributed by atoms with Gasteiger partial charge in [0.25, 0.3) is 0 Å². The standard InChI is InChI=1S/C9H22N2.C2H6/c1-6-9(10-4)7-11(5)8(2)3;1-2/h8-10H,6-7H2,1-5H3;1-2H3. The average Bonchev–Trinajstić information content (AvgIpc) is 2.16. The van der Waals surface area contributed by atoms with E-state index in [1.807, 2.05) is 20.9 Å². The van der Waals surface area contributed by atoms with Crippen LogP contribution in [0.3, 0.4) is 0 Å². The zero-order chi connectivity index (χ0) is 10.9. The minimum absolute atomic E-state index is 0.641. The van der Waals surface area contributed by atoms with E-state index in [9.17, 15) is 0 Å². The van der Waals surface area contributed by atoms with Gasteiger partial charge < -0.3 is 10.2 Å². The van der Waals surface area contributed by atoms with Crippen molar-refractivity contribution in [1.82, 2.24) is 10.2 Å². The zero-order valence-corrected chi connectivity index (χ0v) is 10.5. The van der Waals surface area contributed by atoms with E-state index in [0.29, 0.717) is 12.1 Å². The van der Waals surface area contributed by atoms with Crippen LogP contribution in [0.5, 0.6) is 0 Å². The summed E-state index contributed by atoms with van der Waals surface area (Å²) in [6, 6.07) is 1.29. The average molecular weight is 188 g/mol. The molecule has 0 aromatic carbocycles. The molecular formula is C11H28N2. The van der Waals surface area contributed by atoms with Gasteiger partial charge in [0.1, 0.15) is 0 Å². The van der Waals surface area contributed by atoms with Gasteiger partial charge in [-0.15, -0.1) is 0 Å². The van der Waals surface area contributed by atoms with E-state index < -0.39 is 0 Å². The third kappa shape index (κ3) is 8.26. The zero-order valence-electron chi connectivity index (χ0n) is 10.5. The molecule has 0 saturated carbocycles. The van der Waals surface area contributed by atoms with Gasteiger partial charge in [-0.2, -0.15) is 0 Å². The van der Waals surface area contributed by atoms with Crippen LogP contribution in [0.1, 0.15) is 41.0 Å². The topological polar surface area (TPSA) is 15.3 Å². The third-order valence-electron chi connectivity index (χ3n) is 2.29. The first-order valence-corrected chi connectivity index (χ1v) is 5.49. The molecule has 0 aliphatic heterocycles. The Labute approximate surface area is 84.7 Å². The summed E-state index contributed by atoms with van der Waals surface area (Å²) in [6.45, 7) is 11.8. The van der Waals surface area contributed by atoms with Crippen LogP contribution in [0.15, 0.2) is 0 Å². The van der Waals surface area contributed by atoms with E-state index in [1.54, 1.807) is 0 Å². The van der Waals surface area contributed by atoms with Gasteiger partial charge in [0, 0.05) is 18.6 Å². The number of hydrogen-bond acceptors (Lipinski definition) is 2. The molecule has 0 bridgehead atoms. The number of nitrogens with one attached hydrogen (secondary N) is 1. The monoisotopic (exact) mass is 188 g/mol. The lowest BCUT2D eigenvalue weighted by Gasteiger charge is -2.25. The quantitative estimate of drug-likeness (QED) is 0.712. The van der Waals surface area contributed by atoms with Crippen LogP contribution in [-0.4, -0.2) is 37.6 Å². The molecule has 13 heavy (non-hydrogen) atoms. The Morgan fingerprint density at radius 3 is 1.92 bits per heavy atom. The van der Waals surface area contributed by atoms with Gasteiger partial charge in [0.05, 0.1) is 0 Å². The Balaban J connectivity index is 0. The van der Waals surface area contributed by atoms with Crippen molar-refractivity contribution < 1.29 is 0 Å². The van der Waals surface area contributed by atoms with Crippen molar-refractivity contribution in [3.63, 3.8) is 0 Å². The number of hydrogen-bond donors (Lipinski definition) is 1. The number of rotatable bonds is 5. The molecule has 0 spiro atoms. The molecule has 1 N–H and O–H groups in total. The van der Waals surface area contributed by atoms with Crippen LogP contribution in [-0.2, 0) is 0 Å². The van der Waals surface area contributed by atoms with Crippen LogP contribution in [0.4, 0.5) is 0 Å². The highest BCUT2D eigenvalue weighted by atomic mass is 15.1. The fourth-order valence-electron chi connectivity index (χ4n) is 0.983. The van der Waals surface area contributed by atoms with Gasteiger partial charge in [-0.3, -0.25) is 0 Å². The Bertz CT molecular complexity index is 88.1. The molecule has 0 amide bonds. The molecule has 2 heteroatoms. The summed E-state index contributed by atoms with van der Waals surface area (Å²) in [7, 11) is 4.20. The van der Waals surface area contributed by atoms with E-state index in [-0.39, 0.29) is 0 Å². The normalized spacial score (nSPS) is 12.7. The highest BCUT2D eigenvalue weighted by Crippen LogP contribution is 1.98. The lowest BCUT2D eigenvalue weighted by molar-refractivity contribution is 0.243. The molecule has 0 aromatic heterocycles. The maximum atomic E-state index is 3.30. The minimum Gasteiger partial charge on any atom is -0.316 e. The summed E-state index contributed by atoms with van der Waals surface area (Å²) in [6.07, 6.45) is 1.20. The van der Waals surface area contributed by atoms with Crippen LogP contribution in [0.25, 0.3) is 0 Å². The molecular weight excluding hydrogens is 160 g/mol. The molecule has 0 fully saturated rings. The van der Waals surface area contributed by atoms with Crippen molar-refractivity contribution in [3.8, 4) is 0 Å². The summed E-state index contributed by atoms with van der Waals surface area (Å²) in [4.78, 5) is 2.37. The largest absolute Gasteiger partial charge is 0.316 e. The lowest BCUT2D eigenvalue weighted by Crippen LogP contribution is -2.40. The first-order chi connectivity index (χ1) is 6.11. The van der Waals surface area contributed by atoms with Crippen LogP contribution in [0, 0.1) is 0 Å². The highest BCUT2D eigenvalue weighted by molar-refractivity contribution is 4.68. The van der Waals surface area contributed by atoms with Gasteiger partial charge in [0.2, 0.25) is 0 Å². The Kier molecular flexibility index (Phi) is 11.8. The van der Waals surface area contributed by atoms with Crippen LogP contribution >= 0.6 is 0 Å². The SMILES string of the molecule is CC.CCC(CN(C)C(C)C)NC. The van der Waals surface area contributed by atoms with E-state index in [0.717, 1.165) is 6.54 Å².